The average Bonchev–Trinajstić information content (AvgIpc) is 3.67. The Balaban J connectivity index is 2.61. The van der Waals surface area contributed by atoms with E-state index in [9.17, 15) is 35.1 Å². The predicted molar refractivity (Wildman–Crippen MR) is 352 cm³/mol. The molecule has 0 bridgehead atoms. The molecular formula is C73H127NO10. The van der Waals surface area contributed by atoms with E-state index in [4.69, 9.17) is 14.2 Å². The number of ether oxygens (including phenoxy) is 3. The number of amides is 1. The number of esters is 1. The van der Waals surface area contributed by atoms with Crippen molar-refractivity contribution in [3.05, 3.63) is 97.2 Å². The summed E-state index contributed by atoms with van der Waals surface area (Å²) < 4.78 is 17.7. The van der Waals surface area contributed by atoms with E-state index < -0.39 is 67.4 Å². The lowest BCUT2D eigenvalue weighted by Crippen LogP contribution is -2.61. The van der Waals surface area contributed by atoms with E-state index in [2.05, 4.69) is 111 Å². The number of aliphatic hydroxyl groups excluding tert-OH is 5. The summed E-state index contributed by atoms with van der Waals surface area (Å²) in [5.41, 5.74) is 0. The Labute approximate surface area is 514 Å². The molecule has 11 heteroatoms. The Bertz CT molecular complexity index is 1740. The SMILES string of the molecule is CC/C=C\C/C=C\C/C=C\C/C=C\C/C=C\C/C=C\CCCCCCCCCC(O)C(=O)NC(COC1OC(CO)C(O)C(O)C1OC(=O)CCCCCCCCC/C=C/CCCCCCCC)C(O)/C=C/CCCCCCCCCCCC. The highest BCUT2D eigenvalue weighted by atomic mass is 16.7. The topological polar surface area (TPSA) is 175 Å². The van der Waals surface area contributed by atoms with E-state index in [1.54, 1.807) is 6.08 Å². The van der Waals surface area contributed by atoms with Crippen LogP contribution in [0.25, 0.3) is 0 Å². The smallest absolute Gasteiger partial charge is 0.306 e. The maximum absolute atomic E-state index is 13.5. The molecule has 1 amide bonds. The third-order valence-electron chi connectivity index (χ3n) is 15.7. The maximum Gasteiger partial charge on any atom is 0.306 e. The molecule has 1 rings (SSSR count). The second-order valence-corrected chi connectivity index (χ2v) is 23.5. The summed E-state index contributed by atoms with van der Waals surface area (Å²) >= 11 is 0. The van der Waals surface area contributed by atoms with Crippen molar-refractivity contribution in [2.45, 2.75) is 339 Å². The Morgan fingerprint density at radius 3 is 1.30 bits per heavy atom. The monoisotopic (exact) mass is 1180 g/mol. The Morgan fingerprint density at radius 1 is 0.476 bits per heavy atom. The van der Waals surface area contributed by atoms with Crippen LogP contribution in [0.2, 0.25) is 0 Å². The average molecular weight is 1180 g/mol. The number of allylic oxidation sites excluding steroid dienone is 15. The number of carbonyl (C=O) groups is 2. The van der Waals surface area contributed by atoms with Crippen molar-refractivity contribution in [3.8, 4) is 0 Å². The number of hydrogen-bond donors (Lipinski definition) is 6. The van der Waals surface area contributed by atoms with E-state index in [0.717, 1.165) is 128 Å². The van der Waals surface area contributed by atoms with Gasteiger partial charge in [-0.1, -0.05) is 279 Å². The lowest BCUT2D eigenvalue weighted by Gasteiger charge is -2.41. The van der Waals surface area contributed by atoms with Gasteiger partial charge in [0.2, 0.25) is 5.91 Å². The number of rotatable bonds is 58. The molecule has 6 N–H and O–H groups in total. The number of hydrogen-bond acceptors (Lipinski definition) is 10. The molecule has 0 aromatic rings. The number of carbonyl (C=O) groups excluding carboxylic acids is 2. The number of nitrogens with one attached hydrogen (secondary N) is 1. The first-order chi connectivity index (χ1) is 41.2. The van der Waals surface area contributed by atoms with Gasteiger partial charge >= 0.3 is 5.97 Å². The molecule has 11 nitrogen and oxygen atoms in total. The zero-order valence-electron chi connectivity index (χ0n) is 53.7. The predicted octanol–water partition coefficient (Wildman–Crippen LogP) is 17.5. The fourth-order valence-corrected chi connectivity index (χ4v) is 10.3. The Morgan fingerprint density at radius 2 is 0.857 bits per heavy atom. The summed E-state index contributed by atoms with van der Waals surface area (Å²) in [7, 11) is 0. The zero-order valence-corrected chi connectivity index (χ0v) is 53.7. The van der Waals surface area contributed by atoms with Gasteiger partial charge in [0.05, 0.1) is 25.4 Å². The van der Waals surface area contributed by atoms with Crippen molar-refractivity contribution in [1.82, 2.24) is 5.32 Å². The van der Waals surface area contributed by atoms with E-state index in [1.807, 2.05) is 6.08 Å². The molecular weight excluding hydrogens is 1050 g/mol. The van der Waals surface area contributed by atoms with Crippen molar-refractivity contribution in [1.29, 1.82) is 0 Å². The Hall–Kier alpha value is -3.42. The summed E-state index contributed by atoms with van der Waals surface area (Å²) in [5.74, 6) is -1.21. The summed E-state index contributed by atoms with van der Waals surface area (Å²) in [6, 6.07) is -1.04. The molecule has 1 aliphatic heterocycles. The van der Waals surface area contributed by atoms with Crippen molar-refractivity contribution in [2.75, 3.05) is 13.2 Å². The van der Waals surface area contributed by atoms with Crippen LogP contribution in [-0.4, -0.2) is 99.6 Å². The van der Waals surface area contributed by atoms with Crippen LogP contribution >= 0.6 is 0 Å². The maximum atomic E-state index is 13.5. The molecule has 8 atom stereocenters. The lowest BCUT2D eigenvalue weighted by atomic mass is 9.99. The minimum absolute atomic E-state index is 0.115. The molecule has 84 heavy (non-hydrogen) atoms. The highest BCUT2D eigenvalue weighted by molar-refractivity contribution is 5.80. The fraction of sp³-hybridized carbons (Fsp3) is 0.753. The van der Waals surface area contributed by atoms with Gasteiger partial charge in [-0.15, -0.1) is 0 Å². The van der Waals surface area contributed by atoms with Gasteiger partial charge in [-0.05, 0) is 103 Å². The molecule has 0 aliphatic carbocycles. The molecule has 8 unspecified atom stereocenters. The van der Waals surface area contributed by atoms with Crippen molar-refractivity contribution in [3.63, 3.8) is 0 Å². The van der Waals surface area contributed by atoms with Crippen LogP contribution < -0.4 is 5.32 Å². The van der Waals surface area contributed by atoms with Crippen LogP contribution in [0.3, 0.4) is 0 Å². The van der Waals surface area contributed by atoms with Gasteiger partial charge in [-0.3, -0.25) is 9.59 Å². The molecule has 1 aliphatic rings. The normalized spacial score (nSPS) is 19.1. The molecule has 0 radical (unpaired) electrons. The first-order valence-corrected chi connectivity index (χ1v) is 34.5. The van der Waals surface area contributed by atoms with Crippen LogP contribution in [0.15, 0.2) is 97.2 Å². The van der Waals surface area contributed by atoms with Crippen LogP contribution in [0.1, 0.15) is 290 Å². The van der Waals surface area contributed by atoms with Crippen molar-refractivity contribution >= 4 is 11.9 Å². The molecule has 0 saturated carbocycles. The van der Waals surface area contributed by atoms with Gasteiger partial charge < -0.3 is 45.1 Å². The van der Waals surface area contributed by atoms with Gasteiger partial charge in [0.15, 0.2) is 12.4 Å². The number of unbranched alkanes of at least 4 members (excludes halogenated alkanes) is 30. The van der Waals surface area contributed by atoms with Crippen LogP contribution in [-0.2, 0) is 23.8 Å². The molecule has 0 spiro atoms. The summed E-state index contributed by atoms with van der Waals surface area (Å²) in [6.07, 6.45) is 70.1. The van der Waals surface area contributed by atoms with Gasteiger partial charge in [-0.25, -0.2) is 0 Å². The minimum atomic E-state index is -1.62. The third-order valence-corrected chi connectivity index (χ3v) is 15.7. The largest absolute Gasteiger partial charge is 0.454 e. The van der Waals surface area contributed by atoms with Crippen LogP contribution in [0.4, 0.5) is 0 Å². The molecule has 1 fully saturated rings. The van der Waals surface area contributed by atoms with Gasteiger partial charge in [0.25, 0.3) is 0 Å². The highest BCUT2D eigenvalue weighted by Gasteiger charge is 2.47. The van der Waals surface area contributed by atoms with Gasteiger partial charge in [0, 0.05) is 6.42 Å². The first kappa shape index (κ1) is 78.6. The standard InChI is InChI=1S/C73H127NO10/c1-4-7-10-13-16-19-22-25-27-29-30-31-32-33-34-35-36-37-39-40-42-45-48-51-54-57-60-66(77)72(81)74-64(65(76)59-56-53-50-47-44-24-21-18-15-12-9-6-3)63-82-73-71(70(80)69(79)67(62-75)83-73)84-68(78)61-58-55-52-49-46-43-41-38-28-26-23-20-17-14-11-8-5-2/h7,10,16,19,25-28,30-31,33-34,36-37,56,59,64-67,69-71,73,75-77,79-80H,4-6,8-9,11-15,17-18,20-24,29,32,35,38-55,57-58,60-63H2,1-3H3,(H,74,81)/b10-7-,19-16-,27-25-,28-26+,31-30-,34-33-,37-36-,59-56+. The van der Waals surface area contributed by atoms with Gasteiger partial charge in [-0.2, -0.15) is 0 Å². The second-order valence-electron chi connectivity index (χ2n) is 23.5. The van der Waals surface area contributed by atoms with Crippen molar-refractivity contribution in [2.24, 2.45) is 0 Å². The molecule has 1 saturated heterocycles. The molecule has 0 aromatic heterocycles. The third kappa shape index (κ3) is 46.8. The molecule has 484 valence electrons. The van der Waals surface area contributed by atoms with E-state index in [-0.39, 0.29) is 19.4 Å². The fourth-order valence-electron chi connectivity index (χ4n) is 10.3. The first-order valence-electron chi connectivity index (χ1n) is 34.5. The van der Waals surface area contributed by atoms with Crippen molar-refractivity contribution < 1.29 is 49.3 Å². The second kappa shape index (κ2) is 59.9. The molecule has 0 aromatic carbocycles. The van der Waals surface area contributed by atoms with E-state index >= 15 is 0 Å². The van der Waals surface area contributed by atoms with E-state index in [1.165, 1.54) is 116 Å². The van der Waals surface area contributed by atoms with Crippen LogP contribution in [0, 0.1) is 0 Å². The van der Waals surface area contributed by atoms with Gasteiger partial charge in [0.1, 0.15) is 24.4 Å². The Kier molecular flexibility index (Phi) is 56.0. The molecule has 1 heterocycles. The van der Waals surface area contributed by atoms with Crippen LogP contribution in [0.5, 0.6) is 0 Å². The highest BCUT2D eigenvalue weighted by Crippen LogP contribution is 2.26. The minimum Gasteiger partial charge on any atom is -0.454 e. The lowest BCUT2D eigenvalue weighted by molar-refractivity contribution is -0.305. The quantitative estimate of drug-likeness (QED) is 0.0195. The summed E-state index contributed by atoms with van der Waals surface area (Å²) in [5, 5.41) is 57.2. The zero-order chi connectivity index (χ0) is 61.0. The summed E-state index contributed by atoms with van der Waals surface area (Å²) in [4.78, 5) is 26.6. The number of aliphatic hydroxyl groups is 5. The van der Waals surface area contributed by atoms with E-state index in [0.29, 0.717) is 12.8 Å². The summed E-state index contributed by atoms with van der Waals surface area (Å²) in [6.45, 7) is 5.68.